The number of nitrogens with zero attached hydrogens (tertiary/aromatic N) is 2. The minimum absolute atomic E-state index is 0.579. The van der Waals surface area contributed by atoms with Crippen LogP contribution < -0.4 is 5.32 Å². The van der Waals surface area contributed by atoms with Gasteiger partial charge in [0.25, 0.3) is 0 Å². The molecule has 1 aliphatic carbocycles. The maximum Gasteiger partial charge on any atom is 0.132 e. The van der Waals surface area contributed by atoms with E-state index in [0.29, 0.717) is 5.92 Å². The van der Waals surface area contributed by atoms with Crippen molar-refractivity contribution in [3.63, 3.8) is 0 Å². The van der Waals surface area contributed by atoms with E-state index in [0.717, 1.165) is 17.2 Å². The zero-order chi connectivity index (χ0) is 14.5. The molecule has 1 saturated carbocycles. The first kappa shape index (κ1) is 14.6. The van der Waals surface area contributed by atoms with Gasteiger partial charge in [-0.15, -0.1) is 0 Å². The van der Waals surface area contributed by atoms with Gasteiger partial charge in [0.05, 0.1) is 11.4 Å². The minimum atomic E-state index is 0.579. The van der Waals surface area contributed by atoms with E-state index in [9.17, 15) is 0 Å². The molecule has 1 aromatic carbocycles. The molecule has 2 nitrogen and oxygen atoms in total. The van der Waals surface area contributed by atoms with Gasteiger partial charge >= 0.3 is 0 Å². The van der Waals surface area contributed by atoms with Gasteiger partial charge in [-0.25, -0.2) is 10.3 Å². The molecule has 0 unspecified atom stereocenters. The maximum atomic E-state index is 4.87. The summed E-state index contributed by atoms with van der Waals surface area (Å²) < 4.78 is 0. The van der Waals surface area contributed by atoms with Crippen LogP contribution in [0.15, 0.2) is 23.2 Å². The van der Waals surface area contributed by atoms with Crippen molar-refractivity contribution in [2.75, 3.05) is 0 Å². The SMILES string of the molecule is Cc1cccc2c1N=C(C1CCCCCCCCCC1)[N]2. The topological polar surface area (TPSA) is 26.5 Å². The molecular formula is C19H27N2. The predicted octanol–water partition coefficient (Wildman–Crippen LogP) is 5.81. The highest BCUT2D eigenvalue weighted by Crippen LogP contribution is 2.36. The number of aryl methyl sites for hydroxylation is 1. The molecule has 3 rings (SSSR count). The third kappa shape index (κ3) is 3.66. The molecule has 2 heteroatoms. The van der Waals surface area contributed by atoms with Crippen molar-refractivity contribution in [2.24, 2.45) is 10.9 Å². The van der Waals surface area contributed by atoms with Gasteiger partial charge in [0, 0.05) is 5.92 Å². The minimum Gasteiger partial charge on any atom is -0.231 e. The van der Waals surface area contributed by atoms with Gasteiger partial charge in [-0.05, 0) is 31.4 Å². The molecule has 1 aromatic rings. The summed E-state index contributed by atoms with van der Waals surface area (Å²) >= 11 is 0. The van der Waals surface area contributed by atoms with E-state index >= 15 is 0 Å². The zero-order valence-electron chi connectivity index (χ0n) is 13.3. The number of benzene rings is 1. The van der Waals surface area contributed by atoms with E-state index in [4.69, 9.17) is 10.3 Å². The third-order valence-electron chi connectivity index (χ3n) is 4.90. The summed E-state index contributed by atoms with van der Waals surface area (Å²) in [7, 11) is 0. The van der Waals surface area contributed by atoms with Crippen LogP contribution >= 0.6 is 0 Å². The molecule has 21 heavy (non-hydrogen) atoms. The molecule has 1 radical (unpaired) electrons. The van der Waals surface area contributed by atoms with Crippen molar-refractivity contribution >= 4 is 17.2 Å². The van der Waals surface area contributed by atoms with E-state index < -0.39 is 0 Å². The van der Waals surface area contributed by atoms with Crippen LogP contribution in [0.25, 0.3) is 0 Å². The molecule has 0 amide bonds. The van der Waals surface area contributed by atoms with Gasteiger partial charge in [0.15, 0.2) is 0 Å². The van der Waals surface area contributed by atoms with Crippen molar-refractivity contribution in [2.45, 2.75) is 71.1 Å². The van der Waals surface area contributed by atoms with Crippen LogP contribution in [0.5, 0.6) is 0 Å². The van der Waals surface area contributed by atoms with Crippen LogP contribution in [0.3, 0.4) is 0 Å². The number of para-hydroxylation sites is 1. The van der Waals surface area contributed by atoms with Gasteiger partial charge in [-0.3, -0.25) is 0 Å². The van der Waals surface area contributed by atoms with E-state index in [2.05, 4.69) is 25.1 Å². The first-order valence-electron chi connectivity index (χ1n) is 8.74. The summed E-state index contributed by atoms with van der Waals surface area (Å²) in [6.07, 6.45) is 13.7. The Hall–Kier alpha value is -1.31. The van der Waals surface area contributed by atoms with Gasteiger partial charge in [-0.1, -0.05) is 63.5 Å². The van der Waals surface area contributed by atoms with Crippen LogP contribution in [-0.4, -0.2) is 5.84 Å². The van der Waals surface area contributed by atoms with Gasteiger partial charge < -0.3 is 0 Å². The summed E-state index contributed by atoms with van der Waals surface area (Å²) in [4.78, 5) is 4.87. The molecule has 1 heterocycles. The van der Waals surface area contributed by atoms with Gasteiger partial charge in [-0.2, -0.15) is 0 Å². The summed E-state index contributed by atoms with van der Waals surface area (Å²) in [5.41, 5.74) is 3.45. The lowest BCUT2D eigenvalue weighted by Gasteiger charge is -2.15. The van der Waals surface area contributed by atoms with Gasteiger partial charge in [0.2, 0.25) is 0 Å². The van der Waals surface area contributed by atoms with Gasteiger partial charge in [0.1, 0.15) is 5.84 Å². The quantitative estimate of drug-likeness (QED) is 0.622. The average molecular weight is 283 g/mol. The molecule has 0 aromatic heterocycles. The normalized spacial score (nSPS) is 21.1. The fourth-order valence-corrected chi connectivity index (χ4v) is 3.57. The Balaban J connectivity index is 1.69. The van der Waals surface area contributed by atoms with Crippen molar-refractivity contribution in [3.8, 4) is 0 Å². The number of rotatable bonds is 1. The molecule has 0 atom stereocenters. The lowest BCUT2D eigenvalue weighted by molar-refractivity contribution is 0.506. The molecule has 0 bridgehead atoms. The number of amidine groups is 1. The van der Waals surface area contributed by atoms with E-state index in [1.807, 2.05) is 0 Å². The molecule has 1 fully saturated rings. The molecule has 2 aliphatic rings. The zero-order valence-corrected chi connectivity index (χ0v) is 13.3. The molecular weight excluding hydrogens is 256 g/mol. The van der Waals surface area contributed by atoms with Crippen LogP contribution in [-0.2, 0) is 0 Å². The smallest absolute Gasteiger partial charge is 0.132 e. The molecule has 0 N–H and O–H groups in total. The predicted molar refractivity (Wildman–Crippen MR) is 89.7 cm³/mol. The summed E-state index contributed by atoms with van der Waals surface area (Å²) in [5.74, 6) is 1.69. The van der Waals surface area contributed by atoms with Crippen LogP contribution in [0.4, 0.5) is 11.4 Å². The van der Waals surface area contributed by atoms with E-state index in [1.165, 1.54) is 69.8 Å². The highest BCUT2D eigenvalue weighted by atomic mass is 15.1. The Morgan fingerprint density at radius 2 is 1.48 bits per heavy atom. The summed E-state index contributed by atoms with van der Waals surface area (Å²) in [5, 5.41) is 4.84. The molecule has 1 aliphatic heterocycles. The Bertz CT molecular complexity index is 492. The highest BCUT2D eigenvalue weighted by molar-refractivity contribution is 5.98. The summed E-state index contributed by atoms with van der Waals surface area (Å²) in [6.45, 7) is 2.14. The highest BCUT2D eigenvalue weighted by Gasteiger charge is 2.24. The molecule has 0 saturated heterocycles. The number of aliphatic imine (C=N–C) groups is 1. The lowest BCUT2D eigenvalue weighted by Crippen LogP contribution is -2.19. The number of hydrogen-bond acceptors (Lipinski definition) is 1. The monoisotopic (exact) mass is 283 g/mol. The van der Waals surface area contributed by atoms with Crippen LogP contribution in [0.2, 0.25) is 0 Å². The molecule has 0 spiro atoms. The van der Waals surface area contributed by atoms with Crippen LogP contribution in [0, 0.1) is 12.8 Å². The Labute approximate surface area is 129 Å². The second-order valence-electron chi connectivity index (χ2n) is 6.63. The fourth-order valence-electron chi connectivity index (χ4n) is 3.57. The average Bonchev–Trinajstić information content (AvgIpc) is 2.89. The van der Waals surface area contributed by atoms with Crippen molar-refractivity contribution in [1.29, 1.82) is 0 Å². The first-order chi connectivity index (χ1) is 10.3. The van der Waals surface area contributed by atoms with Crippen LogP contribution in [0.1, 0.15) is 69.8 Å². The fraction of sp³-hybridized carbons (Fsp3) is 0.632. The Kier molecular flexibility index (Phi) is 4.95. The molecule has 113 valence electrons. The lowest BCUT2D eigenvalue weighted by atomic mass is 9.94. The van der Waals surface area contributed by atoms with E-state index in [-0.39, 0.29) is 0 Å². The maximum absolute atomic E-state index is 4.87. The largest absolute Gasteiger partial charge is 0.231 e. The first-order valence-corrected chi connectivity index (χ1v) is 8.74. The van der Waals surface area contributed by atoms with Crippen molar-refractivity contribution < 1.29 is 0 Å². The second-order valence-corrected chi connectivity index (χ2v) is 6.63. The van der Waals surface area contributed by atoms with Crippen molar-refractivity contribution in [1.82, 2.24) is 5.32 Å². The Morgan fingerprint density at radius 1 is 0.857 bits per heavy atom. The third-order valence-corrected chi connectivity index (χ3v) is 4.90. The number of fused-ring (bicyclic) bond motifs is 1. The number of hydrogen-bond donors (Lipinski definition) is 0. The van der Waals surface area contributed by atoms with Crippen molar-refractivity contribution in [3.05, 3.63) is 23.8 Å². The Morgan fingerprint density at radius 3 is 2.10 bits per heavy atom. The van der Waals surface area contributed by atoms with E-state index in [1.54, 1.807) is 0 Å². The second kappa shape index (κ2) is 7.11. The summed E-state index contributed by atoms with van der Waals surface area (Å²) in [6, 6.07) is 6.33. The standard InChI is InChI=1S/C19H27N2/c1-15-11-10-14-17-18(15)21-19(20-17)16-12-8-6-4-2-3-5-7-9-13-16/h10-11,14,16H,2-9,12-13H2,1H3.